The number of carbonyl (C=O) groups is 1. The van der Waals surface area contributed by atoms with E-state index in [0.717, 1.165) is 24.3 Å². The van der Waals surface area contributed by atoms with Crippen LogP contribution in [0.2, 0.25) is 0 Å². The van der Waals surface area contributed by atoms with Gasteiger partial charge in [-0.1, -0.05) is 17.2 Å². The first-order chi connectivity index (χ1) is 19.6. The van der Waals surface area contributed by atoms with E-state index in [2.05, 4.69) is 39.4 Å². The molecule has 1 atom stereocenters. The number of carbonyl (C=O) groups excluding carboxylic acids is 1. The number of rotatable bonds is 18. The molecule has 1 heterocycles. The van der Waals surface area contributed by atoms with Crippen LogP contribution < -0.4 is 14.8 Å². The minimum Gasteiger partial charge on any atom is -0.493 e. The number of nitrogens with zero attached hydrogens (tertiary/aromatic N) is 4. The molecule has 0 radical (unpaired) electrons. The summed E-state index contributed by atoms with van der Waals surface area (Å²) in [6, 6.07) is 12.1. The zero-order valence-corrected chi connectivity index (χ0v) is 23.5. The molecule has 12 nitrogen and oxygen atoms in total. The van der Waals surface area contributed by atoms with Crippen molar-refractivity contribution in [1.29, 1.82) is 0 Å². The Bertz CT molecular complexity index is 1110. The fourth-order valence-electron chi connectivity index (χ4n) is 4.43. The Morgan fingerprint density at radius 2 is 1.55 bits per heavy atom. The maximum atomic E-state index is 12.3. The zero-order valence-electron chi connectivity index (χ0n) is 23.5. The van der Waals surface area contributed by atoms with Crippen molar-refractivity contribution in [2.24, 2.45) is 5.11 Å². The van der Waals surface area contributed by atoms with Gasteiger partial charge in [-0.25, -0.2) is 0 Å². The summed E-state index contributed by atoms with van der Waals surface area (Å²) >= 11 is 0. The van der Waals surface area contributed by atoms with E-state index in [1.807, 2.05) is 24.3 Å². The van der Waals surface area contributed by atoms with E-state index in [4.69, 9.17) is 34.0 Å². The SMILES string of the molecule is COc1cc2c(cc1OC)C(c1ccc(NC(=O)COCCOCCOCCOCCN=[N+]=[N-])cc1)N(C)CC2. The first-order valence-corrected chi connectivity index (χ1v) is 13.2. The summed E-state index contributed by atoms with van der Waals surface area (Å²) in [6.07, 6.45) is 0.938. The second-order valence-electron chi connectivity index (χ2n) is 9.05. The van der Waals surface area contributed by atoms with E-state index >= 15 is 0 Å². The molecule has 1 amide bonds. The van der Waals surface area contributed by atoms with Gasteiger partial charge in [-0.05, 0) is 60.0 Å². The molecule has 1 aliphatic rings. The van der Waals surface area contributed by atoms with Gasteiger partial charge in [0, 0.05) is 23.7 Å². The Morgan fingerprint density at radius 3 is 2.17 bits per heavy atom. The zero-order chi connectivity index (χ0) is 28.6. The molecule has 1 aliphatic heterocycles. The minimum absolute atomic E-state index is 0.0604. The van der Waals surface area contributed by atoms with Crippen LogP contribution in [0.4, 0.5) is 5.69 Å². The molecular weight excluding hydrogens is 518 g/mol. The number of fused-ring (bicyclic) bond motifs is 1. The Kier molecular flexibility index (Phi) is 13.5. The molecule has 218 valence electrons. The highest BCUT2D eigenvalue weighted by atomic mass is 16.6. The van der Waals surface area contributed by atoms with Crippen LogP contribution in [-0.2, 0) is 30.2 Å². The number of amides is 1. The number of likely N-dealkylation sites (N-methyl/N-ethyl adjacent to an activating group) is 1. The van der Waals surface area contributed by atoms with Crippen molar-refractivity contribution >= 4 is 11.6 Å². The standard InChI is InChI=1S/C28H39N5O7/c1-33-10-8-22-18-25(35-2)26(36-3)19-24(22)28(33)21-4-6-23(7-5-21)31-27(34)20-40-17-16-39-15-14-38-13-12-37-11-9-30-32-29/h4-7,18-19,28H,8-17,20H2,1-3H3,(H,31,34). The summed E-state index contributed by atoms with van der Waals surface area (Å²) < 4.78 is 32.5. The Balaban J connectivity index is 1.35. The van der Waals surface area contributed by atoms with Crippen molar-refractivity contribution in [2.45, 2.75) is 12.5 Å². The fraction of sp³-hybridized carbons (Fsp3) is 0.536. The number of methoxy groups -OCH3 is 2. The highest BCUT2D eigenvalue weighted by molar-refractivity contribution is 5.91. The normalized spacial score (nSPS) is 14.7. The predicted octanol–water partition coefficient (Wildman–Crippen LogP) is 3.60. The van der Waals surface area contributed by atoms with E-state index in [1.54, 1.807) is 14.2 Å². The molecule has 0 fully saturated rings. The summed E-state index contributed by atoms with van der Waals surface area (Å²) in [7, 11) is 5.41. The molecule has 40 heavy (non-hydrogen) atoms. The van der Waals surface area contributed by atoms with Gasteiger partial charge in [-0.3, -0.25) is 9.69 Å². The fourth-order valence-corrected chi connectivity index (χ4v) is 4.43. The minimum atomic E-state index is -0.228. The van der Waals surface area contributed by atoms with Crippen LogP contribution in [0.25, 0.3) is 10.4 Å². The first-order valence-electron chi connectivity index (χ1n) is 13.2. The van der Waals surface area contributed by atoms with Gasteiger partial charge in [0.1, 0.15) is 6.61 Å². The maximum Gasteiger partial charge on any atom is 0.250 e. The molecular formula is C28H39N5O7. The Hall–Kier alpha value is -3.38. The lowest BCUT2D eigenvalue weighted by Gasteiger charge is -2.35. The number of ether oxygens (including phenoxy) is 6. The Morgan fingerprint density at radius 1 is 0.950 bits per heavy atom. The summed E-state index contributed by atoms with van der Waals surface area (Å²) in [6.45, 7) is 3.93. The van der Waals surface area contributed by atoms with Gasteiger partial charge in [0.05, 0.1) is 66.5 Å². The molecule has 0 spiro atoms. The lowest BCUT2D eigenvalue weighted by atomic mass is 9.88. The molecule has 1 N–H and O–H groups in total. The van der Waals surface area contributed by atoms with Crippen molar-refractivity contribution in [1.82, 2.24) is 4.90 Å². The molecule has 0 bridgehead atoms. The van der Waals surface area contributed by atoms with E-state index in [0.29, 0.717) is 64.2 Å². The average Bonchev–Trinajstić information content (AvgIpc) is 2.97. The number of nitrogens with one attached hydrogen (secondary N) is 1. The van der Waals surface area contributed by atoms with Gasteiger partial charge >= 0.3 is 0 Å². The van der Waals surface area contributed by atoms with Crippen molar-refractivity contribution in [2.75, 3.05) is 92.5 Å². The van der Waals surface area contributed by atoms with E-state index in [-0.39, 0.29) is 18.6 Å². The summed E-state index contributed by atoms with van der Waals surface area (Å²) in [4.78, 5) is 17.3. The third-order valence-electron chi connectivity index (χ3n) is 6.37. The van der Waals surface area contributed by atoms with Crippen LogP contribution in [-0.4, -0.2) is 98.0 Å². The lowest BCUT2D eigenvalue weighted by Crippen LogP contribution is -2.33. The second kappa shape index (κ2) is 17.3. The van der Waals surface area contributed by atoms with Crippen LogP contribution in [0.5, 0.6) is 11.5 Å². The van der Waals surface area contributed by atoms with Gasteiger partial charge in [0.25, 0.3) is 0 Å². The van der Waals surface area contributed by atoms with Crippen LogP contribution in [0, 0.1) is 0 Å². The smallest absolute Gasteiger partial charge is 0.250 e. The van der Waals surface area contributed by atoms with Gasteiger partial charge < -0.3 is 33.7 Å². The molecule has 2 aromatic carbocycles. The number of benzene rings is 2. The van der Waals surface area contributed by atoms with Crippen molar-refractivity contribution in [3.63, 3.8) is 0 Å². The molecule has 0 saturated carbocycles. The molecule has 3 rings (SSSR count). The predicted molar refractivity (Wildman–Crippen MR) is 150 cm³/mol. The van der Waals surface area contributed by atoms with Gasteiger partial charge in [-0.2, -0.15) is 0 Å². The lowest BCUT2D eigenvalue weighted by molar-refractivity contribution is -0.121. The largest absolute Gasteiger partial charge is 0.493 e. The number of anilines is 1. The van der Waals surface area contributed by atoms with E-state index in [1.165, 1.54) is 11.1 Å². The summed E-state index contributed by atoms with van der Waals surface area (Å²) in [5.74, 6) is 1.23. The number of hydrogen-bond acceptors (Lipinski definition) is 9. The molecule has 0 aliphatic carbocycles. The molecule has 0 saturated heterocycles. The number of azide groups is 1. The van der Waals surface area contributed by atoms with E-state index < -0.39 is 0 Å². The monoisotopic (exact) mass is 557 g/mol. The van der Waals surface area contributed by atoms with Crippen molar-refractivity contribution in [3.8, 4) is 11.5 Å². The summed E-state index contributed by atoms with van der Waals surface area (Å²) in [5.41, 5.74) is 12.4. The third kappa shape index (κ3) is 9.67. The van der Waals surface area contributed by atoms with Gasteiger partial charge in [0.15, 0.2) is 11.5 Å². The highest BCUT2D eigenvalue weighted by Crippen LogP contribution is 2.40. The van der Waals surface area contributed by atoms with E-state index in [9.17, 15) is 4.79 Å². The molecule has 12 heteroatoms. The van der Waals surface area contributed by atoms with Gasteiger partial charge in [-0.15, -0.1) is 0 Å². The topological polar surface area (TPSA) is 136 Å². The van der Waals surface area contributed by atoms with Crippen molar-refractivity contribution < 1.29 is 33.2 Å². The summed E-state index contributed by atoms with van der Waals surface area (Å²) in [5, 5.41) is 6.25. The molecule has 0 aromatic heterocycles. The van der Waals surface area contributed by atoms with Crippen LogP contribution in [0.3, 0.4) is 0 Å². The quantitative estimate of drug-likeness (QED) is 0.127. The van der Waals surface area contributed by atoms with Crippen LogP contribution >= 0.6 is 0 Å². The van der Waals surface area contributed by atoms with Crippen LogP contribution in [0.15, 0.2) is 41.5 Å². The van der Waals surface area contributed by atoms with Gasteiger partial charge in [0.2, 0.25) is 5.91 Å². The third-order valence-corrected chi connectivity index (χ3v) is 6.37. The maximum absolute atomic E-state index is 12.3. The molecule has 2 aromatic rings. The average molecular weight is 558 g/mol. The van der Waals surface area contributed by atoms with Crippen LogP contribution in [0.1, 0.15) is 22.7 Å². The van der Waals surface area contributed by atoms with Crippen molar-refractivity contribution in [3.05, 3.63) is 63.5 Å². The highest BCUT2D eigenvalue weighted by Gasteiger charge is 2.28. The first kappa shape index (κ1) is 31.2. The molecule has 1 unspecified atom stereocenters. The Labute approximate surface area is 235 Å². The second-order valence-corrected chi connectivity index (χ2v) is 9.05. The number of hydrogen-bond donors (Lipinski definition) is 1.